The van der Waals surface area contributed by atoms with Gasteiger partial charge in [0.1, 0.15) is 5.82 Å². The van der Waals surface area contributed by atoms with E-state index < -0.39 is 0 Å². The van der Waals surface area contributed by atoms with Crippen LogP contribution < -0.4 is 10.9 Å². The van der Waals surface area contributed by atoms with Gasteiger partial charge in [-0.15, -0.1) is 0 Å². The van der Waals surface area contributed by atoms with Crippen LogP contribution in [0.2, 0.25) is 5.02 Å². The summed E-state index contributed by atoms with van der Waals surface area (Å²) in [4.78, 5) is 24.3. The molecular formula is C15H16ClN3O2. The van der Waals surface area contributed by atoms with E-state index in [2.05, 4.69) is 10.4 Å². The maximum atomic E-state index is 12.3. The van der Waals surface area contributed by atoms with Crippen molar-refractivity contribution in [3.8, 4) is 0 Å². The Morgan fingerprint density at radius 1 is 1.29 bits per heavy atom. The molecule has 0 radical (unpaired) electrons. The fourth-order valence-corrected chi connectivity index (χ4v) is 3.06. The van der Waals surface area contributed by atoms with E-state index >= 15 is 0 Å². The molecule has 1 atom stereocenters. The highest BCUT2D eigenvalue weighted by atomic mass is 35.5. The molecule has 1 aromatic carbocycles. The van der Waals surface area contributed by atoms with Crippen LogP contribution in [0, 0.1) is 0 Å². The summed E-state index contributed by atoms with van der Waals surface area (Å²) < 4.78 is 1.69. The molecule has 1 aromatic heterocycles. The van der Waals surface area contributed by atoms with Gasteiger partial charge in [-0.25, -0.2) is 0 Å². The van der Waals surface area contributed by atoms with Crippen LogP contribution >= 0.6 is 11.6 Å². The standard InChI is InChI=1S/C15H16ClN3O2/c1-8(2)19-14-13(15(21)18-19)10(7-12(20)17-14)9-5-3-4-6-11(9)16/h3-6,8,10H,7H2,1-2H3,(H,17,20)(H,18,21). The smallest absolute Gasteiger partial charge is 0.270 e. The summed E-state index contributed by atoms with van der Waals surface area (Å²) in [6.45, 7) is 3.89. The molecule has 2 heterocycles. The summed E-state index contributed by atoms with van der Waals surface area (Å²) in [5, 5.41) is 6.17. The minimum Gasteiger partial charge on any atom is -0.311 e. The van der Waals surface area contributed by atoms with Crippen LogP contribution in [0.3, 0.4) is 0 Å². The summed E-state index contributed by atoms with van der Waals surface area (Å²) >= 11 is 6.24. The number of benzene rings is 1. The van der Waals surface area contributed by atoms with Gasteiger partial charge in [-0.3, -0.25) is 19.4 Å². The van der Waals surface area contributed by atoms with Crippen molar-refractivity contribution in [3.63, 3.8) is 0 Å². The molecule has 6 heteroatoms. The van der Waals surface area contributed by atoms with Crippen LogP contribution in [0.25, 0.3) is 0 Å². The zero-order chi connectivity index (χ0) is 15.1. The molecule has 1 aliphatic heterocycles. The van der Waals surface area contributed by atoms with Crippen molar-refractivity contribution in [2.24, 2.45) is 0 Å². The van der Waals surface area contributed by atoms with Crippen LogP contribution in [0.1, 0.15) is 43.4 Å². The minimum atomic E-state index is -0.314. The van der Waals surface area contributed by atoms with Crippen LogP contribution in [0.4, 0.5) is 5.82 Å². The van der Waals surface area contributed by atoms with Gasteiger partial charge < -0.3 is 5.32 Å². The maximum absolute atomic E-state index is 12.3. The number of hydrogen-bond acceptors (Lipinski definition) is 2. The predicted octanol–water partition coefficient (Wildman–Crippen LogP) is 2.88. The molecule has 1 unspecified atom stereocenters. The van der Waals surface area contributed by atoms with E-state index in [1.165, 1.54) is 0 Å². The first-order valence-corrected chi connectivity index (χ1v) is 7.25. The van der Waals surface area contributed by atoms with Gasteiger partial charge in [0.25, 0.3) is 5.56 Å². The summed E-state index contributed by atoms with van der Waals surface area (Å²) in [7, 11) is 0. The number of rotatable bonds is 2. The Morgan fingerprint density at radius 2 is 2.00 bits per heavy atom. The number of nitrogens with zero attached hydrogens (tertiary/aromatic N) is 1. The fourth-order valence-electron chi connectivity index (χ4n) is 2.79. The third-order valence-corrected chi connectivity index (χ3v) is 4.10. The molecule has 1 amide bonds. The Bertz CT molecular complexity index is 761. The van der Waals surface area contributed by atoms with Gasteiger partial charge >= 0.3 is 0 Å². The summed E-state index contributed by atoms with van der Waals surface area (Å²) in [5.41, 5.74) is 1.21. The lowest BCUT2D eigenvalue weighted by atomic mass is 9.87. The first-order chi connectivity index (χ1) is 9.99. The molecule has 3 rings (SSSR count). The maximum Gasteiger partial charge on any atom is 0.270 e. The summed E-state index contributed by atoms with van der Waals surface area (Å²) in [5.74, 6) is 0.128. The lowest BCUT2D eigenvalue weighted by Gasteiger charge is -2.24. The first-order valence-electron chi connectivity index (χ1n) is 6.87. The topological polar surface area (TPSA) is 66.9 Å². The summed E-state index contributed by atoms with van der Waals surface area (Å²) in [6, 6.07) is 7.38. The van der Waals surface area contributed by atoms with E-state index in [1.54, 1.807) is 10.7 Å². The molecular weight excluding hydrogens is 290 g/mol. The highest BCUT2D eigenvalue weighted by Crippen LogP contribution is 2.38. The number of hydrogen-bond donors (Lipinski definition) is 2. The number of carbonyl (C=O) groups is 1. The Kier molecular flexibility index (Phi) is 3.37. The van der Waals surface area contributed by atoms with Gasteiger partial charge in [0.15, 0.2) is 0 Å². The molecule has 1 aliphatic rings. The van der Waals surface area contributed by atoms with Crippen molar-refractivity contribution in [3.05, 3.63) is 50.8 Å². The van der Waals surface area contributed by atoms with E-state index in [0.717, 1.165) is 5.56 Å². The van der Waals surface area contributed by atoms with Gasteiger partial charge in [0.05, 0.1) is 5.56 Å². The zero-order valence-electron chi connectivity index (χ0n) is 11.8. The van der Waals surface area contributed by atoms with Crippen molar-refractivity contribution < 1.29 is 4.79 Å². The van der Waals surface area contributed by atoms with Gasteiger partial charge in [-0.05, 0) is 25.5 Å². The van der Waals surface area contributed by atoms with E-state index in [9.17, 15) is 9.59 Å². The van der Waals surface area contributed by atoms with Crippen LogP contribution in [-0.2, 0) is 4.79 Å². The normalized spacial score (nSPS) is 17.7. The van der Waals surface area contributed by atoms with Crippen molar-refractivity contribution in [1.29, 1.82) is 0 Å². The van der Waals surface area contributed by atoms with Gasteiger partial charge in [-0.2, -0.15) is 0 Å². The average Bonchev–Trinajstić information content (AvgIpc) is 2.76. The largest absolute Gasteiger partial charge is 0.311 e. The second-order valence-electron chi connectivity index (χ2n) is 5.49. The number of fused-ring (bicyclic) bond motifs is 1. The van der Waals surface area contributed by atoms with Crippen LogP contribution in [-0.4, -0.2) is 15.7 Å². The first kappa shape index (κ1) is 13.9. The molecule has 21 heavy (non-hydrogen) atoms. The number of amides is 1. The van der Waals surface area contributed by atoms with E-state index in [4.69, 9.17) is 11.6 Å². The van der Waals surface area contributed by atoms with Gasteiger partial charge in [0, 0.05) is 23.4 Å². The molecule has 0 spiro atoms. The zero-order valence-corrected chi connectivity index (χ0v) is 12.6. The monoisotopic (exact) mass is 305 g/mol. The number of H-pyrrole nitrogens is 1. The molecule has 0 saturated carbocycles. The highest BCUT2D eigenvalue weighted by Gasteiger charge is 2.33. The molecule has 0 bridgehead atoms. The number of aromatic amines is 1. The molecule has 0 saturated heterocycles. The molecule has 5 nitrogen and oxygen atoms in total. The second kappa shape index (κ2) is 5.07. The molecule has 0 aliphatic carbocycles. The van der Waals surface area contributed by atoms with E-state index in [-0.39, 0.29) is 29.8 Å². The Hall–Kier alpha value is -2.01. The highest BCUT2D eigenvalue weighted by molar-refractivity contribution is 6.31. The Labute approximate surface area is 126 Å². The average molecular weight is 306 g/mol. The SMILES string of the molecule is CC(C)n1[nH]c(=O)c2c1NC(=O)CC2c1ccccc1Cl. The molecule has 2 N–H and O–H groups in total. The quantitative estimate of drug-likeness (QED) is 0.896. The van der Waals surface area contributed by atoms with Crippen molar-refractivity contribution in [2.45, 2.75) is 32.2 Å². The third-order valence-electron chi connectivity index (χ3n) is 3.76. The van der Waals surface area contributed by atoms with Gasteiger partial charge in [0.2, 0.25) is 5.91 Å². The van der Waals surface area contributed by atoms with E-state index in [1.807, 2.05) is 32.0 Å². The number of anilines is 1. The molecule has 0 fully saturated rings. The molecule has 2 aromatic rings. The van der Waals surface area contributed by atoms with Crippen molar-refractivity contribution in [1.82, 2.24) is 9.78 Å². The third kappa shape index (κ3) is 2.27. The van der Waals surface area contributed by atoms with Crippen LogP contribution in [0.15, 0.2) is 29.1 Å². The predicted molar refractivity (Wildman–Crippen MR) is 82.0 cm³/mol. The number of nitrogens with one attached hydrogen (secondary N) is 2. The number of carbonyl (C=O) groups excluding carboxylic acids is 1. The number of halogens is 1. The minimum absolute atomic E-state index is 0.0479. The van der Waals surface area contributed by atoms with E-state index in [0.29, 0.717) is 16.4 Å². The van der Waals surface area contributed by atoms with Crippen molar-refractivity contribution >= 4 is 23.3 Å². The van der Waals surface area contributed by atoms with Crippen LogP contribution in [0.5, 0.6) is 0 Å². The summed E-state index contributed by atoms with van der Waals surface area (Å²) in [6.07, 6.45) is 0.224. The Balaban J connectivity index is 2.21. The number of aromatic nitrogens is 2. The van der Waals surface area contributed by atoms with Crippen molar-refractivity contribution in [2.75, 3.05) is 5.32 Å². The molecule has 110 valence electrons. The lowest BCUT2D eigenvalue weighted by molar-refractivity contribution is -0.116. The fraction of sp³-hybridized carbons (Fsp3) is 0.333. The second-order valence-corrected chi connectivity index (χ2v) is 5.90. The van der Waals surface area contributed by atoms with Gasteiger partial charge in [-0.1, -0.05) is 29.8 Å². The lowest BCUT2D eigenvalue weighted by Crippen LogP contribution is -2.27. The Morgan fingerprint density at radius 3 is 2.67 bits per heavy atom.